The summed E-state index contributed by atoms with van der Waals surface area (Å²) >= 11 is 0. The summed E-state index contributed by atoms with van der Waals surface area (Å²) in [4.78, 5) is 19.6. The predicted octanol–water partition coefficient (Wildman–Crippen LogP) is 3.09. The van der Waals surface area contributed by atoms with Crippen LogP contribution in [0.3, 0.4) is 0 Å². The molecule has 0 aliphatic rings. The number of hydrogen-bond acceptors (Lipinski definition) is 5. The molecule has 0 aliphatic carbocycles. The topological polar surface area (TPSA) is 60.4 Å². The van der Waals surface area contributed by atoms with E-state index in [9.17, 15) is 4.79 Å². The van der Waals surface area contributed by atoms with Gasteiger partial charge in [0.1, 0.15) is 0 Å². The van der Waals surface area contributed by atoms with Crippen LogP contribution in [0.1, 0.15) is 40.2 Å². The Morgan fingerprint density at radius 3 is 2.12 bits per heavy atom. The first-order valence-electron chi connectivity index (χ1n) is 8.05. The van der Waals surface area contributed by atoms with E-state index in [0.717, 1.165) is 5.56 Å². The van der Waals surface area contributed by atoms with E-state index in [1.807, 2.05) is 33.8 Å². The van der Waals surface area contributed by atoms with Crippen LogP contribution in [0.2, 0.25) is 0 Å². The fourth-order valence-electron chi connectivity index (χ4n) is 2.48. The molecule has 0 N–H and O–H groups in total. The Bertz CT molecular complexity index is 562. The molecule has 6 heteroatoms. The smallest absolute Gasteiger partial charge is 0.266 e. The van der Waals surface area contributed by atoms with Gasteiger partial charge in [0.15, 0.2) is 11.5 Å². The summed E-state index contributed by atoms with van der Waals surface area (Å²) in [5, 5.41) is 3.93. The predicted molar refractivity (Wildman–Crippen MR) is 94.8 cm³/mol. The van der Waals surface area contributed by atoms with Gasteiger partial charge in [-0.3, -0.25) is 4.79 Å². The fourth-order valence-corrected chi connectivity index (χ4v) is 2.48. The van der Waals surface area contributed by atoms with Crippen molar-refractivity contribution in [1.82, 2.24) is 4.90 Å². The lowest BCUT2D eigenvalue weighted by Crippen LogP contribution is -2.46. The summed E-state index contributed by atoms with van der Waals surface area (Å²) in [5.74, 6) is 1.17. The normalized spacial score (nSPS) is 12.5. The zero-order chi connectivity index (χ0) is 18.3. The second kappa shape index (κ2) is 9.15. The second-order valence-corrected chi connectivity index (χ2v) is 6.03. The average Bonchev–Trinajstić information content (AvgIpc) is 2.53. The van der Waals surface area contributed by atoms with Gasteiger partial charge in [-0.15, -0.1) is 0 Å². The largest absolute Gasteiger partial charge is 0.493 e. The second-order valence-electron chi connectivity index (χ2n) is 6.03. The van der Waals surface area contributed by atoms with Crippen molar-refractivity contribution in [3.63, 3.8) is 0 Å². The highest BCUT2D eigenvalue weighted by atomic mass is 16.6. The Hall–Kier alpha value is -2.24. The molecule has 0 aromatic heterocycles. The molecule has 0 saturated carbocycles. The first-order valence-corrected chi connectivity index (χ1v) is 8.05. The summed E-state index contributed by atoms with van der Waals surface area (Å²) in [6.07, 6.45) is 0.895. The van der Waals surface area contributed by atoms with Gasteiger partial charge < -0.3 is 19.2 Å². The summed E-state index contributed by atoms with van der Waals surface area (Å²) in [6.45, 7) is 9.64. The quantitative estimate of drug-likeness (QED) is 0.541. The highest BCUT2D eigenvalue weighted by Crippen LogP contribution is 2.26. The van der Waals surface area contributed by atoms with Gasteiger partial charge in [0.05, 0.1) is 20.4 Å². The van der Waals surface area contributed by atoms with Crippen molar-refractivity contribution >= 4 is 12.1 Å². The summed E-state index contributed by atoms with van der Waals surface area (Å²) < 4.78 is 10.4. The van der Waals surface area contributed by atoms with Crippen LogP contribution < -0.4 is 9.47 Å². The van der Waals surface area contributed by atoms with Crippen LogP contribution in [0.5, 0.6) is 11.5 Å². The minimum Gasteiger partial charge on any atom is -0.493 e. The van der Waals surface area contributed by atoms with Crippen molar-refractivity contribution < 1.29 is 19.1 Å². The van der Waals surface area contributed by atoms with Crippen LogP contribution in [0.25, 0.3) is 0 Å². The van der Waals surface area contributed by atoms with Crippen molar-refractivity contribution in [2.75, 3.05) is 14.2 Å². The van der Waals surface area contributed by atoms with Crippen molar-refractivity contribution in [3.8, 4) is 11.5 Å². The van der Waals surface area contributed by atoms with E-state index >= 15 is 0 Å². The number of carbonyl (C=O) groups is 1. The van der Waals surface area contributed by atoms with E-state index in [1.54, 1.807) is 44.4 Å². The minimum absolute atomic E-state index is 0.0792. The monoisotopic (exact) mass is 336 g/mol. The van der Waals surface area contributed by atoms with Gasteiger partial charge in [0.2, 0.25) is 6.10 Å². The third-order valence-corrected chi connectivity index (χ3v) is 3.54. The van der Waals surface area contributed by atoms with Gasteiger partial charge in [0, 0.05) is 17.6 Å². The average molecular weight is 336 g/mol. The molecule has 1 amide bonds. The third-order valence-electron chi connectivity index (χ3n) is 3.54. The molecule has 0 aliphatic heterocycles. The van der Waals surface area contributed by atoms with Gasteiger partial charge in [-0.25, -0.2) is 0 Å². The van der Waals surface area contributed by atoms with Gasteiger partial charge >= 0.3 is 0 Å². The highest BCUT2D eigenvalue weighted by molar-refractivity contribution is 5.82. The van der Waals surface area contributed by atoms with E-state index in [-0.39, 0.29) is 18.0 Å². The van der Waals surface area contributed by atoms with E-state index < -0.39 is 6.10 Å². The number of ether oxygens (including phenoxy) is 2. The number of amides is 1. The Morgan fingerprint density at radius 1 is 1.04 bits per heavy atom. The molecular weight excluding hydrogens is 308 g/mol. The van der Waals surface area contributed by atoms with Crippen molar-refractivity contribution in [2.24, 2.45) is 5.16 Å². The third kappa shape index (κ3) is 5.15. The molecule has 0 fully saturated rings. The van der Waals surface area contributed by atoms with Crippen molar-refractivity contribution in [1.29, 1.82) is 0 Å². The summed E-state index contributed by atoms with van der Waals surface area (Å²) in [7, 11) is 3.15. The number of oxime groups is 1. The molecule has 0 saturated heterocycles. The lowest BCUT2D eigenvalue weighted by molar-refractivity contribution is -0.146. The SMILES string of the molecule is COc1ccc(/C=N/OC(C)C(=O)N(C(C)C)C(C)C)cc1OC. The number of hydrogen-bond donors (Lipinski definition) is 0. The maximum absolute atomic E-state index is 12.4. The molecule has 1 unspecified atom stereocenters. The first-order chi connectivity index (χ1) is 11.3. The van der Waals surface area contributed by atoms with E-state index in [2.05, 4.69) is 5.16 Å². The van der Waals surface area contributed by atoms with Crippen LogP contribution in [0.15, 0.2) is 23.4 Å². The fraction of sp³-hybridized carbons (Fsp3) is 0.556. The number of nitrogens with zero attached hydrogens (tertiary/aromatic N) is 2. The minimum atomic E-state index is -0.647. The van der Waals surface area contributed by atoms with Gasteiger partial charge in [0.25, 0.3) is 5.91 Å². The Morgan fingerprint density at radius 2 is 1.62 bits per heavy atom. The number of rotatable bonds is 8. The van der Waals surface area contributed by atoms with Crippen LogP contribution in [0.4, 0.5) is 0 Å². The van der Waals surface area contributed by atoms with Gasteiger partial charge in [-0.2, -0.15) is 0 Å². The Labute approximate surface area is 144 Å². The Balaban J connectivity index is 2.74. The molecule has 1 rings (SSSR count). The van der Waals surface area contributed by atoms with E-state index in [0.29, 0.717) is 11.5 Å². The first kappa shape index (κ1) is 19.8. The number of benzene rings is 1. The van der Waals surface area contributed by atoms with Crippen molar-refractivity contribution in [3.05, 3.63) is 23.8 Å². The van der Waals surface area contributed by atoms with Crippen LogP contribution in [-0.4, -0.2) is 49.4 Å². The number of methoxy groups -OCH3 is 2. The van der Waals surface area contributed by atoms with Gasteiger partial charge in [-0.05, 0) is 52.8 Å². The molecule has 1 atom stereocenters. The maximum atomic E-state index is 12.4. The molecule has 1 aromatic rings. The van der Waals surface area contributed by atoms with Gasteiger partial charge in [-0.1, -0.05) is 5.16 Å². The molecule has 24 heavy (non-hydrogen) atoms. The van der Waals surface area contributed by atoms with Crippen molar-refractivity contribution in [2.45, 2.75) is 52.8 Å². The lowest BCUT2D eigenvalue weighted by Gasteiger charge is -2.32. The Kier molecular flexibility index (Phi) is 7.55. The molecule has 0 radical (unpaired) electrons. The molecule has 0 heterocycles. The lowest BCUT2D eigenvalue weighted by atomic mass is 10.2. The van der Waals surface area contributed by atoms with Crippen LogP contribution in [-0.2, 0) is 9.63 Å². The zero-order valence-corrected chi connectivity index (χ0v) is 15.6. The van der Waals surface area contributed by atoms with E-state index in [4.69, 9.17) is 14.3 Å². The molecule has 1 aromatic carbocycles. The summed E-state index contributed by atoms with van der Waals surface area (Å²) in [5.41, 5.74) is 0.789. The molecule has 0 spiro atoms. The standard InChI is InChI=1S/C18H28N2O4/c1-12(2)20(13(3)4)18(21)14(5)24-19-11-15-8-9-16(22-6)17(10-15)23-7/h8-14H,1-7H3/b19-11+. The van der Waals surface area contributed by atoms with E-state index in [1.165, 1.54) is 0 Å². The summed E-state index contributed by atoms with van der Waals surface area (Å²) in [6, 6.07) is 5.62. The zero-order valence-electron chi connectivity index (χ0n) is 15.6. The van der Waals surface area contributed by atoms with Crippen LogP contribution >= 0.6 is 0 Å². The molecular formula is C18H28N2O4. The molecule has 0 bridgehead atoms. The van der Waals surface area contributed by atoms with Crippen LogP contribution in [0, 0.1) is 0 Å². The molecule has 6 nitrogen and oxygen atoms in total. The number of carbonyl (C=O) groups excluding carboxylic acids is 1. The molecule has 134 valence electrons. The maximum Gasteiger partial charge on any atom is 0.266 e. The highest BCUT2D eigenvalue weighted by Gasteiger charge is 2.26.